The minimum atomic E-state index is -0.367. The van der Waals surface area contributed by atoms with Crippen LogP contribution in [0.1, 0.15) is 10.4 Å². The summed E-state index contributed by atoms with van der Waals surface area (Å²) in [4.78, 5) is 22.8. The first-order valence-corrected chi connectivity index (χ1v) is 7.81. The molecule has 3 rings (SSSR count). The Morgan fingerprint density at radius 3 is 2.35 bits per heavy atom. The van der Waals surface area contributed by atoms with Crippen LogP contribution in [-0.4, -0.2) is 42.2 Å². The fourth-order valence-electron chi connectivity index (χ4n) is 2.17. The molecule has 0 aliphatic carbocycles. The van der Waals surface area contributed by atoms with Gasteiger partial charge in [0.2, 0.25) is 5.95 Å². The lowest BCUT2D eigenvalue weighted by atomic mass is 10.2. The highest BCUT2D eigenvalue weighted by molar-refractivity contribution is 6.40. The summed E-state index contributed by atoms with van der Waals surface area (Å²) in [6, 6.07) is 5.02. The zero-order valence-electron chi connectivity index (χ0n) is 12.1. The molecule has 0 atom stereocenters. The molecule has 0 spiro atoms. The van der Waals surface area contributed by atoms with Gasteiger partial charge in [0.05, 0.1) is 34.5 Å². The first kappa shape index (κ1) is 16.0. The number of rotatable bonds is 3. The Morgan fingerprint density at radius 1 is 1.13 bits per heavy atom. The summed E-state index contributed by atoms with van der Waals surface area (Å²) in [7, 11) is 0. The molecule has 120 valence electrons. The lowest BCUT2D eigenvalue weighted by molar-refractivity contribution is 0.102. The van der Waals surface area contributed by atoms with Gasteiger partial charge in [-0.15, -0.1) is 0 Å². The van der Waals surface area contributed by atoms with E-state index in [1.165, 1.54) is 12.4 Å². The third kappa shape index (κ3) is 3.72. The lowest BCUT2D eigenvalue weighted by Gasteiger charge is -2.26. The fraction of sp³-hybridized carbons (Fsp3) is 0.267. The number of amides is 1. The third-order valence-electron chi connectivity index (χ3n) is 3.40. The number of carbonyl (C=O) groups is 1. The maximum absolute atomic E-state index is 12.3. The van der Waals surface area contributed by atoms with Crippen molar-refractivity contribution in [3.63, 3.8) is 0 Å². The fourth-order valence-corrected chi connectivity index (χ4v) is 2.66. The largest absolute Gasteiger partial charge is 0.378 e. The van der Waals surface area contributed by atoms with E-state index in [0.29, 0.717) is 40.5 Å². The molecule has 1 aromatic heterocycles. The smallest absolute Gasteiger partial charge is 0.258 e. The molecule has 1 N–H and O–H groups in total. The van der Waals surface area contributed by atoms with Crippen molar-refractivity contribution in [3.8, 4) is 0 Å². The lowest BCUT2D eigenvalue weighted by Crippen LogP contribution is -2.37. The monoisotopic (exact) mass is 352 g/mol. The molecule has 1 aromatic carbocycles. The first-order chi connectivity index (χ1) is 11.1. The normalized spacial score (nSPS) is 14.6. The molecule has 0 bridgehead atoms. The van der Waals surface area contributed by atoms with E-state index in [1.807, 2.05) is 4.90 Å². The average Bonchev–Trinajstić information content (AvgIpc) is 2.59. The SMILES string of the molecule is O=C(Nc1c(Cl)cccc1Cl)c1cnc(N2CCOCC2)nc1. The number of hydrogen-bond donors (Lipinski definition) is 1. The van der Waals surface area contributed by atoms with Crippen molar-refractivity contribution in [1.82, 2.24) is 9.97 Å². The number of ether oxygens (including phenoxy) is 1. The highest BCUT2D eigenvalue weighted by Gasteiger charge is 2.16. The Balaban J connectivity index is 1.72. The standard InChI is InChI=1S/C15H14Cl2N4O2/c16-11-2-1-3-12(17)13(11)20-14(22)10-8-18-15(19-9-10)21-4-6-23-7-5-21/h1-3,8-9H,4-7H2,(H,20,22). The van der Waals surface area contributed by atoms with E-state index in [1.54, 1.807) is 18.2 Å². The van der Waals surface area contributed by atoms with Gasteiger partial charge in [-0.2, -0.15) is 0 Å². The van der Waals surface area contributed by atoms with Gasteiger partial charge in [-0.05, 0) is 12.1 Å². The average molecular weight is 353 g/mol. The Bertz CT molecular complexity index is 683. The van der Waals surface area contributed by atoms with Gasteiger partial charge in [0, 0.05) is 25.5 Å². The van der Waals surface area contributed by atoms with E-state index in [9.17, 15) is 4.79 Å². The molecule has 0 saturated carbocycles. The summed E-state index contributed by atoms with van der Waals surface area (Å²) < 4.78 is 5.29. The van der Waals surface area contributed by atoms with E-state index in [2.05, 4.69) is 15.3 Å². The van der Waals surface area contributed by atoms with E-state index >= 15 is 0 Å². The van der Waals surface area contributed by atoms with Gasteiger partial charge < -0.3 is 15.0 Å². The predicted molar refractivity (Wildman–Crippen MR) is 89.5 cm³/mol. The Kier molecular flexibility index (Phi) is 4.95. The van der Waals surface area contributed by atoms with Gasteiger partial charge in [0.15, 0.2) is 0 Å². The van der Waals surface area contributed by atoms with Crippen LogP contribution in [0.15, 0.2) is 30.6 Å². The summed E-state index contributed by atoms with van der Waals surface area (Å²) in [5, 5.41) is 3.42. The molecule has 8 heteroatoms. The summed E-state index contributed by atoms with van der Waals surface area (Å²) in [6.45, 7) is 2.77. The Labute approximate surface area is 143 Å². The molecule has 1 aliphatic rings. The van der Waals surface area contributed by atoms with Gasteiger partial charge in [-0.3, -0.25) is 4.79 Å². The number of aromatic nitrogens is 2. The Hall–Kier alpha value is -1.89. The van der Waals surface area contributed by atoms with Gasteiger partial charge in [0.25, 0.3) is 5.91 Å². The third-order valence-corrected chi connectivity index (χ3v) is 4.03. The number of nitrogens with zero attached hydrogens (tertiary/aromatic N) is 3. The molecule has 2 heterocycles. The molecule has 1 amide bonds. The number of nitrogens with one attached hydrogen (secondary N) is 1. The molecular weight excluding hydrogens is 339 g/mol. The number of hydrogen-bond acceptors (Lipinski definition) is 5. The summed E-state index contributed by atoms with van der Waals surface area (Å²) >= 11 is 12.1. The van der Waals surface area contributed by atoms with Crippen molar-refractivity contribution in [2.45, 2.75) is 0 Å². The maximum Gasteiger partial charge on any atom is 0.258 e. The van der Waals surface area contributed by atoms with Crippen LogP contribution in [0.3, 0.4) is 0 Å². The van der Waals surface area contributed by atoms with Crippen LogP contribution >= 0.6 is 23.2 Å². The van der Waals surface area contributed by atoms with Crippen LogP contribution in [0.25, 0.3) is 0 Å². The first-order valence-electron chi connectivity index (χ1n) is 7.05. The van der Waals surface area contributed by atoms with Gasteiger partial charge in [-0.25, -0.2) is 9.97 Å². The molecule has 6 nitrogen and oxygen atoms in total. The summed E-state index contributed by atoms with van der Waals surface area (Å²) in [5.41, 5.74) is 0.705. The number of morpholine rings is 1. The van der Waals surface area contributed by atoms with Crippen LogP contribution < -0.4 is 10.2 Å². The van der Waals surface area contributed by atoms with Crippen LogP contribution in [0, 0.1) is 0 Å². The number of anilines is 2. The predicted octanol–water partition coefficient (Wildman–Crippen LogP) is 2.87. The minimum absolute atomic E-state index is 0.331. The van der Waals surface area contributed by atoms with Crippen LogP contribution in [-0.2, 0) is 4.74 Å². The second-order valence-corrected chi connectivity index (χ2v) is 5.74. The van der Waals surface area contributed by atoms with E-state index < -0.39 is 0 Å². The quantitative estimate of drug-likeness (QED) is 0.919. The van der Waals surface area contributed by atoms with E-state index in [-0.39, 0.29) is 5.91 Å². The number of benzene rings is 1. The van der Waals surface area contributed by atoms with Crippen molar-refractivity contribution in [2.75, 3.05) is 36.5 Å². The summed E-state index contributed by atoms with van der Waals surface area (Å²) in [5.74, 6) is 0.217. The van der Waals surface area contributed by atoms with Crippen LogP contribution in [0.2, 0.25) is 10.0 Å². The van der Waals surface area contributed by atoms with Crippen molar-refractivity contribution in [1.29, 1.82) is 0 Å². The molecule has 0 unspecified atom stereocenters. The van der Waals surface area contributed by atoms with Crippen LogP contribution in [0.4, 0.5) is 11.6 Å². The highest BCUT2D eigenvalue weighted by Crippen LogP contribution is 2.30. The van der Waals surface area contributed by atoms with Crippen LogP contribution in [0.5, 0.6) is 0 Å². The second kappa shape index (κ2) is 7.12. The highest BCUT2D eigenvalue weighted by atomic mass is 35.5. The Morgan fingerprint density at radius 2 is 1.74 bits per heavy atom. The van der Waals surface area contributed by atoms with E-state index in [4.69, 9.17) is 27.9 Å². The number of para-hydroxylation sites is 1. The zero-order chi connectivity index (χ0) is 16.2. The molecule has 0 radical (unpaired) electrons. The van der Waals surface area contributed by atoms with Crippen molar-refractivity contribution in [2.24, 2.45) is 0 Å². The second-order valence-electron chi connectivity index (χ2n) is 4.92. The van der Waals surface area contributed by atoms with Crippen molar-refractivity contribution < 1.29 is 9.53 Å². The number of halogens is 2. The molecule has 23 heavy (non-hydrogen) atoms. The maximum atomic E-state index is 12.3. The molecular formula is C15H14Cl2N4O2. The van der Waals surface area contributed by atoms with Gasteiger partial charge in [0.1, 0.15) is 0 Å². The van der Waals surface area contributed by atoms with Gasteiger partial charge in [-0.1, -0.05) is 29.3 Å². The molecule has 1 saturated heterocycles. The molecule has 1 fully saturated rings. The molecule has 1 aliphatic heterocycles. The van der Waals surface area contributed by atoms with E-state index in [0.717, 1.165) is 13.1 Å². The summed E-state index contributed by atoms with van der Waals surface area (Å²) in [6.07, 6.45) is 2.97. The zero-order valence-corrected chi connectivity index (χ0v) is 13.6. The van der Waals surface area contributed by atoms with Crippen molar-refractivity contribution in [3.05, 3.63) is 46.2 Å². The molecule has 2 aromatic rings. The van der Waals surface area contributed by atoms with Gasteiger partial charge >= 0.3 is 0 Å². The topological polar surface area (TPSA) is 67.4 Å². The number of carbonyl (C=O) groups excluding carboxylic acids is 1. The van der Waals surface area contributed by atoms with Crippen molar-refractivity contribution >= 4 is 40.7 Å². The minimum Gasteiger partial charge on any atom is -0.378 e.